The second-order valence-electron chi connectivity index (χ2n) is 5.51. The van der Waals surface area contributed by atoms with Gasteiger partial charge in [0, 0.05) is 5.56 Å². The van der Waals surface area contributed by atoms with Crippen LogP contribution in [0, 0.1) is 0 Å². The number of carbonyl (C=O) groups is 1. The zero-order valence-corrected chi connectivity index (χ0v) is 13.0. The lowest BCUT2D eigenvalue weighted by atomic mass is 9.90. The Hall–Kier alpha value is -1.15. The number of Topliss-reactive ketones (excluding diaryl/α,β-unsaturated/α-hetero) is 1. The highest BCUT2D eigenvalue weighted by Gasteiger charge is 2.33. The molecule has 19 heavy (non-hydrogen) atoms. The topological polar surface area (TPSA) is 20.3 Å². The third-order valence-electron chi connectivity index (χ3n) is 3.84. The Morgan fingerprint density at radius 3 is 2.32 bits per heavy atom. The molecule has 1 aromatic carbocycles. The van der Waals surface area contributed by atoms with Crippen LogP contribution in [0.1, 0.15) is 57.0 Å². The molecule has 0 aromatic heterocycles. The molecule has 0 spiro atoms. The number of hydrogen-bond acceptors (Lipinski definition) is 2. The van der Waals surface area contributed by atoms with Crippen molar-refractivity contribution >= 4 is 5.78 Å². The molecule has 0 amide bonds. The van der Waals surface area contributed by atoms with Crippen molar-refractivity contribution in [2.75, 3.05) is 13.1 Å². The van der Waals surface area contributed by atoms with Gasteiger partial charge in [-0.25, -0.2) is 0 Å². The SMILES string of the molecule is CCCc1cccc(C(=O)C(C)(C)N(CC)CC)c1. The third-order valence-corrected chi connectivity index (χ3v) is 3.84. The predicted molar refractivity (Wildman–Crippen MR) is 81.8 cm³/mol. The number of hydrogen-bond donors (Lipinski definition) is 0. The summed E-state index contributed by atoms with van der Waals surface area (Å²) in [7, 11) is 0. The molecule has 0 aliphatic heterocycles. The zero-order valence-electron chi connectivity index (χ0n) is 13.0. The summed E-state index contributed by atoms with van der Waals surface area (Å²) in [6.07, 6.45) is 2.14. The van der Waals surface area contributed by atoms with Gasteiger partial charge >= 0.3 is 0 Å². The van der Waals surface area contributed by atoms with Gasteiger partial charge in [-0.15, -0.1) is 0 Å². The van der Waals surface area contributed by atoms with Crippen LogP contribution in [-0.2, 0) is 6.42 Å². The molecular weight excluding hydrogens is 234 g/mol. The third kappa shape index (κ3) is 3.66. The lowest BCUT2D eigenvalue weighted by molar-refractivity contribution is 0.0668. The fourth-order valence-electron chi connectivity index (χ4n) is 2.67. The van der Waals surface area contributed by atoms with Crippen molar-refractivity contribution < 1.29 is 4.79 Å². The summed E-state index contributed by atoms with van der Waals surface area (Å²) in [5.41, 5.74) is 1.65. The van der Waals surface area contributed by atoms with Crippen LogP contribution in [0.25, 0.3) is 0 Å². The molecule has 2 nitrogen and oxygen atoms in total. The minimum Gasteiger partial charge on any atom is -0.292 e. The van der Waals surface area contributed by atoms with E-state index in [1.54, 1.807) is 0 Å². The first-order valence-electron chi connectivity index (χ1n) is 7.36. The van der Waals surface area contributed by atoms with E-state index < -0.39 is 5.54 Å². The molecule has 1 rings (SSSR count). The quantitative estimate of drug-likeness (QED) is 0.693. The smallest absolute Gasteiger partial charge is 0.182 e. The first-order chi connectivity index (χ1) is 8.97. The molecule has 106 valence electrons. The summed E-state index contributed by atoms with van der Waals surface area (Å²) in [5, 5.41) is 0. The van der Waals surface area contributed by atoms with E-state index in [0.717, 1.165) is 31.5 Å². The summed E-state index contributed by atoms with van der Waals surface area (Å²) >= 11 is 0. The molecule has 0 N–H and O–H groups in total. The number of ketones is 1. The maximum Gasteiger partial charge on any atom is 0.182 e. The molecule has 0 atom stereocenters. The number of aryl methyl sites for hydroxylation is 1. The molecule has 0 saturated carbocycles. The number of benzene rings is 1. The maximum atomic E-state index is 12.7. The van der Waals surface area contributed by atoms with Crippen LogP contribution in [0.5, 0.6) is 0 Å². The minimum absolute atomic E-state index is 0.217. The Morgan fingerprint density at radius 2 is 1.79 bits per heavy atom. The zero-order chi connectivity index (χ0) is 14.5. The molecular formula is C17H27NO. The van der Waals surface area contributed by atoms with Crippen molar-refractivity contribution in [3.63, 3.8) is 0 Å². The number of nitrogens with zero attached hydrogens (tertiary/aromatic N) is 1. The van der Waals surface area contributed by atoms with Gasteiger partial charge in [-0.3, -0.25) is 9.69 Å². The molecule has 0 aliphatic carbocycles. The average Bonchev–Trinajstić information content (AvgIpc) is 2.39. The van der Waals surface area contributed by atoms with Crippen molar-refractivity contribution in [2.45, 2.75) is 53.0 Å². The van der Waals surface area contributed by atoms with Crippen molar-refractivity contribution in [1.82, 2.24) is 4.90 Å². The van der Waals surface area contributed by atoms with E-state index in [1.165, 1.54) is 5.56 Å². The van der Waals surface area contributed by atoms with E-state index in [-0.39, 0.29) is 5.78 Å². The van der Waals surface area contributed by atoms with Crippen molar-refractivity contribution in [2.24, 2.45) is 0 Å². The summed E-state index contributed by atoms with van der Waals surface area (Å²) < 4.78 is 0. The minimum atomic E-state index is -0.436. The monoisotopic (exact) mass is 261 g/mol. The normalized spacial score (nSPS) is 11.9. The summed E-state index contributed by atoms with van der Waals surface area (Å²) in [6.45, 7) is 12.2. The molecule has 0 saturated heterocycles. The fraction of sp³-hybridized carbons (Fsp3) is 0.588. The molecule has 2 heteroatoms. The van der Waals surface area contributed by atoms with Gasteiger partial charge in [0.05, 0.1) is 5.54 Å². The van der Waals surface area contributed by atoms with Gasteiger partial charge in [-0.1, -0.05) is 45.4 Å². The van der Waals surface area contributed by atoms with Crippen LogP contribution in [0.2, 0.25) is 0 Å². The summed E-state index contributed by atoms with van der Waals surface area (Å²) in [4.78, 5) is 15.0. The standard InChI is InChI=1S/C17H27NO/c1-6-10-14-11-9-12-15(13-14)16(19)17(4,5)18(7-2)8-3/h9,11-13H,6-8,10H2,1-5H3. The summed E-state index contributed by atoms with van der Waals surface area (Å²) in [5.74, 6) is 0.217. The number of rotatable bonds is 7. The van der Waals surface area contributed by atoms with Crippen LogP contribution in [0.3, 0.4) is 0 Å². The first kappa shape index (κ1) is 15.9. The highest BCUT2D eigenvalue weighted by molar-refractivity contribution is 6.02. The van der Waals surface area contributed by atoms with Gasteiger partial charge in [-0.2, -0.15) is 0 Å². The molecule has 0 bridgehead atoms. The Labute approximate surface area is 117 Å². The van der Waals surface area contributed by atoms with Crippen LogP contribution >= 0.6 is 0 Å². The van der Waals surface area contributed by atoms with E-state index in [9.17, 15) is 4.79 Å². The van der Waals surface area contributed by atoms with E-state index >= 15 is 0 Å². The van der Waals surface area contributed by atoms with Crippen LogP contribution < -0.4 is 0 Å². The number of carbonyl (C=O) groups excluding carboxylic acids is 1. The highest BCUT2D eigenvalue weighted by atomic mass is 16.1. The second-order valence-corrected chi connectivity index (χ2v) is 5.51. The van der Waals surface area contributed by atoms with Crippen LogP contribution in [0.15, 0.2) is 24.3 Å². The Morgan fingerprint density at radius 1 is 1.16 bits per heavy atom. The van der Waals surface area contributed by atoms with Crippen molar-refractivity contribution in [3.8, 4) is 0 Å². The van der Waals surface area contributed by atoms with Gasteiger partial charge in [0.2, 0.25) is 0 Å². The molecule has 0 heterocycles. The molecule has 0 radical (unpaired) electrons. The summed E-state index contributed by atoms with van der Waals surface area (Å²) in [6, 6.07) is 8.09. The lowest BCUT2D eigenvalue weighted by Gasteiger charge is -2.35. The van der Waals surface area contributed by atoms with Gasteiger partial charge in [0.1, 0.15) is 0 Å². The molecule has 0 aliphatic rings. The highest BCUT2D eigenvalue weighted by Crippen LogP contribution is 2.21. The van der Waals surface area contributed by atoms with E-state index in [2.05, 4.69) is 37.8 Å². The Bertz CT molecular complexity index is 419. The van der Waals surface area contributed by atoms with Crippen molar-refractivity contribution in [3.05, 3.63) is 35.4 Å². The van der Waals surface area contributed by atoms with E-state index in [1.807, 2.05) is 26.0 Å². The van der Waals surface area contributed by atoms with Gasteiger partial charge < -0.3 is 0 Å². The Kier molecular flexibility index (Phi) is 5.74. The Balaban J connectivity index is 3.01. The fourth-order valence-corrected chi connectivity index (χ4v) is 2.67. The van der Waals surface area contributed by atoms with E-state index in [0.29, 0.717) is 0 Å². The average molecular weight is 261 g/mol. The maximum absolute atomic E-state index is 12.7. The van der Waals surface area contributed by atoms with Crippen molar-refractivity contribution in [1.29, 1.82) is 0 Å². The second kappa shape index (κ2) is 6.85. The largest absolute Gasteiger partial charge is 0.292 e. The van der Waals surface area contributed by atoms with Crippen LogP contribution in [0.4, 0.5) is 0 Å². The van der Waals surface area contributed by atoms with Gasteiger partial charge in [0.15, 0.2) is 5.78 Å². The van der Waals surface area contributed by atoms with E-state index in [4.69, 9.17) is 0 Å². The number of likely N-dealkylation sites (N-methyl/N-ethyl adjacent to an activating group) is 1. The lowest BCUT2D eigenvalue weighted by Crippen LogP contribution is -2.49. The van der Waals surface area contributed by atoms with Crippen LogP contribution in [-0.4, -0.2) is 29.3 Å². The molecule has 0 fully saturated rings. The van der Waals surface area contributed by atoms with Gasteiger partial charge in [0.25, 0.3) is 0 Å². The predicted octanol–water partition coefficient (Wildman–Crippen LogP) is 3.94. The molecule has 1 aromatic rings. The first-order valence-corrected chi connectivity index (χ1v) is 7.36. The van der Waals surface area contributed by atoms with Gasteiger partial charge in [-0.05, 0) is 45.0 Å². The molecule has 0 unspecified atom stereocenters.